The molecule has 1 unspecified atom stereocenters. The molecule has 5 heteroatoms. The van der Waals surface area contributed by atoms with E-state index in [0.29, 0.717) is 12.0 Å². The van der Waals surface area contributed by atoms with Crippen molar-refractivity contribution in [3.63, 3.8) is 0 Å². The van der Waals surface area contributed by atoms with Crippen LogP contribution in [0.4, 0.5) is 5.95 Å². The van der Waals surface area contributed by atoms with Crippen molar-refractivity contribution in [1.82, 2.24) is 14.5 Å². The zero-order chi connectivity index (χ0) is 13.4. The number of likely N-dealkylation sites (tertiary alicyclic amines) is 1. The molecule has 1 aromatic heterocycles. The Morgan fingerprint density at radius 3 is 3.05 bits per heavy atom. The Labute approximate surface area is 118 Å². The minimum Gasteiger partial charge on any atom is -0.369 e. The van der Waals surface area contributed by atoms with Crippen LogP contribution in [0, 0.1) is 0 Å². The van der Waals surface area contributed by atoms with Crippen LogP contribution in [0.2, 0.25) is 5.02 Å². The molecule has 1 saturated heterocycles. The number of anilines is 1. The number of fused-ring (bicyclic) bond motifs is 1. The van der Waals surface area contributed by atoms with Gasteiger partial charge in [-0.15, -0.1) is 0 Å². The summed E-state index contributed by atoms with van der Waals surface area (Å²) in [5.41, 5.74) is 7.98. The SMILES string of the molecule is CN1CCCCC(n2c(N)nc3cccc(Cl)c32)C1. The highest BCUT2D eigenvalue weighted by Crippen LogP contribution is 2.32. The maximum atomic E-state index is 6.34. The Balaban J connectivity index is 2.10. The molecule has 4 nitrogen and oxygen atoms in total. The molecular weight excluding hydrogens is 260 g/mol. The molecule has 102 valence electrons. The van der Waals surface area contributed by atoms with Crippen LogP contribution in [0.1, 0.15) is 25.3 Å². The molecular formula is C14H19ClN4. The van der Waals surface area contributed by atoms with Gasteiger partial charge in [-0.25, -0.2) is 4.98 Å². The van der Waals surface area contributed by atoms with Crippen LogP contribution in [0.25, 0.3) is 11.0 Å². The number of nitrogens with zero attached hydrogens (tertiary/aromatic N) is 3. The average Bonchev–Trinajstić information content (AvgIpc) is 2.56. The fraction of sp³-hybridized carbons (Fsp3) is 0.500. The van der Waals surface area contributed by atoms with Crippen molar-refractivity contribution in [1.29, 1.82) is 0 Å². The number of aromatic nitrogens is 2. The first kappa shape index (κ1) is 12.8. The standard InChI is InChI=1S/C14H19ClN4/c1-18-8-3-2-5-10(9-18)19-13-11(15)6-4-7-12(13)17-14(19)16/h4,6-7,10H,2-3,5,8-9H2,1H3,(H2,16,17). The molecule has 1 aliphatic rings. The number of nitrogens with two attached hydrogens (primary N) is 1. The lowest BCUT2D eigenvalue weighted by molar-refractivity contribution is 0.302. The molecule has 0 saturated carbocycles. The third-order valence-corrected chi connectivity index (χ3v) is 4.21. The fourth-order valence-electron chi connectivity index (χ4n) is 3.01. The van der Waals surface area contributed by atoms with E-state index in [2.05, 4.69) is 21.5 Å². The Bertz CT molecular complexity index is 592. The van der Waals surface area contributed by atoms with Crippen LogP contribution < -0.4 is 5.73 Å². The quantitative estimate of drug-likeness (QED) is 0.872. The van der Waals surface area contributed by atoms with Gasteiger partial charge in [0.2, 0.25) is 5.95 Å². The zero-order valence-corrected chi connectivity index (χ0v) is 11.9. The van der Waals surface area contributed by atoms with Gasteiger partial charge >= 0.3 is 0 Å². The first-order valence-corrected chi connectivity index (χ1v) is 7.15. The predicted molar refractivity (Wildman–Crippen MR) is 79.5 cm³/mol. The van der Waals surface area contributed by atoms with Crippen molar-refractivity contribution >= 4 is 28.6 Å². The van der Waals surface area contributed by atoms with Crippen LogP contribution in [-0.4, -0.2) is 34.6 Å². The number of nitrogen functional groups attached to an aromatic ring is 1. The Morgan fingerprint density at radius 1 is 1.37 bits per heavy atom. The predicted octanol–water partition coefficient (Wildman–Crippen LogP) is 2.93. The fourth-order valence-corrected chi connectivity index (χ4v) is 3.27. The smallest absolute Gasteiger partial charge is 0.201 e. The minimum atomic E-state index is 0.359. The molecule has 0 radical (unpaired) electrons. The number of benzene rings is 1. The summed E-state index contributed by atoms with van der Waals surface area (Å²) in [6.07, 6.45) is 3.59. The van der Waals surface area contributed by atoms with Gasteiger partial charge < -0.3 is 15.2 Å². The molecule has 0 spiro atoms. The van der Waals surface area contributed by atoms with E-state index in [1.54, 1.807) is 0 Å². The molecule has 2 aromatic rings. The van der Waals surface area contributed by atoms with Gasteiger partial charge in [0.25, 0.3) is 0 Å². The number of imidazole rings is 1. The van der Waals surface area contributed by atoms with Crippen LogP contribution >= 0.6 is 11.6 Å². The van der Waals surface area contributed by atoms with Crippen LogP contribution in [-0.2, 0) is 0 Å². The van der Waals surface area contributed by atoms with Crippen LogP contribution in [0.5, 0.6) is 0 Å². The normalized spacial score (nSPS) is 21.7. The summed E-state index contributed by atoms with van der Waals surface area (Å²) in [6.45, 7) is 2.15. The zero-order valence-electron chi connectivity index (χ0n) is 11.1. The van der Waals surface area contributed by atoms with Crippen molar-refractivity contribution in [2.45, 2.75) is 25.3 Å². The molecule has 0 aliphatic carbocycles. The molecule has 1 atom stereocenters. The number of halogens is 1. The Hall–Kier alpha value is -1.26. The summed E-state index contributed by atoms with van der Waals surface area (Å²) < 4.78 is 2.12. The number of hydrogen-bond donors (Lipinski definition) is 1. The molecule has 19 heavy (non-hydrogen) atoms. The van der Waals surface area contributed by atoms with E-state index in [1.807, 2.05) is 18.2 Å². The van der Waals surface area contributed by atoms with Crippen molar-refractivity contribution in [3.05, 3.63) is 23.2 Å². The molecule has 2 heterocycles. The summed E-state index contributed by atoms with van der Waals surface area (Å²) in [5, 5.41) is 0.730. The molecule has 0 bridgehead atoms. The number of para-hydroxylation sites is 1. The minimum absolute atomic E-state index is 0.359. The maximum Gasteiger partial charge on any atom is 0.201 e. The molecule has 2 N–H and O–H groups in total. The summed E-state index contributed by atoms with van der Waals surface area (Å²) in [4.78, 5) is 6.80. The molecule has 1 aliphatic heterocycles. The third-order valence-electron chi connectivity index (χ3n) is 3.90. The van der Waals surface area contributed by atoms with Crippen molar-refractivity contribution in [3.8, 4) is 0 Å². The van der Waals surface area contributed by atoms with Crippen LogP contribution in [0.15, 0.2) is 18.2 Å². The second-order valence-electron chi connectivity index (χ2n) is 5.36. The topological polar surface area (TPSA) is 47.1 Å². The van der Waals surface area contributed by atoms with Gasteiger partial charge in [-0.1, -0.05) is 24.1 Å². The van der Waals surface area contributed by atoms with E-state index < -0.39 is 0 Å². The lowest BCUT2D eigenvalue weighted by Gasteiger charge is -2.23. The average molecular weight is 279 g/mol. The maximum absolute atomic E-state index is 6.34. The molecule has 1 fully saturated rings. The van der Waals surface area contributed by atoms with E-state index in [1.165, 1.54) is 12.8 Å². The van der Waals surface area contributed by atoms with Gasteiger partial charge in [-0.2, -0.15) is 0 Å². The van der Waals surface area contributed by atoms with Gasteiger partial charge in [0, 0.05) is 12.6 Å². The van der Waals surface area contributed by atoms with E-state index in [0.717, 1.165) is 35.6 Å². The van der Waals surface area contributed by atoms with E-state index in [9.17, 15) is 0 Å². The monoisotopic (exact) mass is 278 g/mol. The van der Waals surface area contributed by atoms with Crippen molar-refractivity contribution in [2.24, 2.45) is 0 Å². The molecule has 0 amide bonds. The Morgan fingerprint density at radius 2 is 2.21 bits per heavy atom. The summed E-state index contributed by atoms with van der Waals surface area (Å²) in [5.74, 6) is 0.573. The second kappa shape index (κ2) is 5.02. The van der Waals surface area contributed by atoms with Crippen molar-refractivity contribution < 1.29 is 0 Å². The molecule has 3 rings (SSSR count). The summed E-state index contributed by atoms with van der Waals surface area (Å²) >= 11 is 6.34. The van der Waals surface area contributed by atoms with Gasteiger partial charge in [-0.05, 0) is 38.6 Å². The largest absolute Gasteiger partial charge is 0.369 e. The van der Waals surface area contributed by atoms with Gasteiger partial charge in [0.05, 0.1) is 16.1 Å². The lowest BCUT2D eigenvalue weighted by Crippen LogP contribution is -2.26. The number of hydrogen-bond acceptors (Lipinski definition) is 3. The van der Waals surface area contributed by atoms with E-state index in [4.69, 9.17) is 17.3 Å². The molecule has 1 aromatic carbocycles. The third kappa shape index (κ3) is 2.30. The van der Waals surface area contributed by atoms with Gasteiger partial charge in [-0.3, -0.25) is 0 Å². The second-order valence-corrected chi connectivity index (χ2v) is 5.77. The first-order valence-electron chi connectivity index (χ1n) is 6.77. The highest BCUT2D eigenvalue weighted by Gasteiger charge is 2.22. The van der Waals surface area contributed by atoms with E-state index in [-0.39, 0.29) is 0 Å². The van der Waals surface area contributed by atoms with E-state index >= 15 is 0 Å². The first-order chi connectivity index (χ1) is 9.16. The Kier molecular flexibility index (Phi) is 3.37. The van der Waals surface area contributed by atoms with Crippen LogP contribution in [0.3, 0.4) is 0 Å². The van der Waals surface area contributed by atoms with Crippen molar-refractivity contribution in [2.75, 3.05) is 25.9 Å². The number of rotatable bonds is 1. The summed E-state index contributed by atoms with van der Waals surface area (Å²) in [7, 11) is 2.16. The highest BCUT2D eigenvalue weighted by atomic mass is 35.5. The van der Waals surface area contributed by atoms with Gasteiger partial charge in [0.1, 0.15) is 0 Å². The lowest BCUT2D eigenvalue weighted by atomic mass is 10.1. The summed E-state index contributed by atoms with van der Waals surface area (Å²) in [6, 6.07) is 6.15. The van der Waals surface area contributed by atoms with Gasteiger partial charge in [0.15, 0.2) is 0 Å². The highest BCUT2D eigenvalue weighted by molar-refractivity contribution is 6.35. The number of likely N-dealkylation sites (N-methyl/N-ethyl adjacent to an activating group) is 1.